The second kappa shape index (κ2) is 9.26. The van der Waals surface area contributed by atoms with Crippen molar-refractivity contribution >= 4 is 23.5 Å². The number of nitrogens with zero attached hydrogens (tertiary/aromatic N) is 1. The number of amides is 1. The van der Waals surface area contributed by atoms with E-state index in [4.69, 9.17) is 21.1 Å². The zero-order valence-corrected chi connectivity index (χ0v) is 21.7. The Morgan fingerprint density at radius 3 is 2.51 bits per heavy atom. The molecule has 6 nitrogen and oxygen atoms in total. The second-order valence-electron chi connectivity index (χ2n) is 11.9. The number of halogens is 1. The first kappa shape index (κ1) is 24.9. The molecule has 1 aromatic rings. The highest BCUT2D eigenvalue weighted by Gasteiger charge is 2.55. The van der Waals surface area contributed by atoms with E-state index in [-0.39, 0.29) is 29.3 Å². The van der Waals surface area contributed by atoms with Crippen molar-refractivity contribution in [2.45, 2.75) is 89.8 Å². The van der Waals surface area contributed by atoms with Crippen molar-refractivity contribution in [3.8, 4) is 5.75 Å². The summed E-state index contributed by atoms with van der Waals surface area (Å²) in [4.78, 5) is 26.9. The summed E-state index contributed by atoms with van der Waals surface area (Å²) in [7, 11) is 0. The van der Waals surface area contributed by atoms with Crippen LogP contribution in [-0.4, -0.2) is 47.2 Å². The van der Waals surface area contributed by atoms with Crippen LogP contribution < -0.4 is 4.74 Å². The number of rotatable bonds is 4. The van der Waals surface area contributed by atoms with Crippen LogP contribution in [0.15, 0.2) is 18.2 Å². The normalized spacial score (nSPS) is 31.2. The molecule has 3 aliphatic heterocycles. The number of hydrogen-bond acceptors (Lipinski definition) is 4. The largest absolute Gasteiger partial charge is 0.487 e. The monoisotopic (exact) mass is 503 g/mol. The maximum Gasteiger partial charge on any atom is 0.303 e. The average molecular weight is 504 g/mol. The Hall–Kier alpha value is -1.79. The Bertz CT molecular complexity index is 982. The predicted octanol–water partition coefficient (Wildman–Crippen LogP) is 6.01. The van der Waals surface area contributed by atoms with Crippen LogP contribution in [0.2, 0.25) is 5.02 Å². The van der Waals surface area contributed by atoms with E-state index < -0.39 is 11.6 Å². The number of piperidine rings is 1. The SMILES string of the molecule is CC1(C(=O)N2CCC3(CC2)CO[C@H]2c4cc(Cl)ccc4O[C@](C)(CCC(=O)O)[C@@H]2C3)CCCCC1. The molecule has 35 heavy (non-hydrogen) atoms. The minimum absolute atomic E-state index is 0.0185. The molecule has 4 aliphatic rings. The third kappa shape index (κ3) is 4.69. The van der Waals surface area contributed by atoms with E-state index in [9.17, 15) is 14.7 Å². The molecule has 1 amide bonds. The summed E-state index contributed by atoms with van der Waals surface area (Å²) in [6.45, 7) is 6.38. The summed E-state index contributed by atoms with van der Waals surface area (Å²) < 4.78 is 13.1. The molecule has 2 saturated heterocycles. The van der Waals surface area contributed by atoms with Gasteiger partial charge in [-0.1, -0.05) is 37.8 Å². The van der Waals surface area contributed by atoms with Gasteiger partial charge in [-0.25, -0.2) is 0 Å². The summed E-state index contributed by atoms with van der Waals surface area (Å²) in [5.74, 6) is 0.278. The molecular weight excluding hydrogens is 466 g/mol. The Morgan fingerprint density at radius 1 is 1.11 bits per heavy atom. The predicted molar refractivity (Wildman–Crippen MR) is 134 cm³/mol. The number of fused-ring (bicyclic) bond motifs is 3. The number of hydrogen-bond donors (Lipinski definition) is 1. The number of carbonyl (C=O) groups is 2. The fourth-order valence-corrected chi connectivity index (χ4v) is 7.25. The standard InChI is InChI=1S/C28H38ClNO5/c1-26(9-4-3-5-10-26)25(33)30-14-12-28(13-15-30)17-21-24(34-18-28)20-16-19(29)6-7-22(20)35-27(21,2)11-8-23(31)32/h6-7,16,21,24H,3-5,8-15,17-18H2,1-2H3,(H,31,32)/t21-,24+,27-/m1/s1. The second-order valence-corrected chi connectivity index (χ2v) is 12.4. The number of benzene rings is 1. The molecule has 3 heterocycles. The minimum Gasteiger partial charge on any atom is -0.487 e. The number of carboxylic acid groups (broad SMARTS) is 1. The lowest BCUT2D eigenvalue weighted by Crippen LogP contribution is -2.56. The molecule has 0 bridgehead atoms. The molecule has 7 heteroatoms. The van der Waals surface area contributed by atoms with Gasteiger partial charge in [-0.05, 0) is 69.1 Å². The first-order chi connectivity index (χ1) is 16.6. The molecule has 1 aliphatic carbocycles. The number of aliphatic carboxylic acids is 1. The number of ether oxygens (including phenoxy) is 2. The van der Waals surface area contributed by atoms with Crippen LogP contribution in [0.1, 0.15) is 89.7 Å². The summed E-state index contributed by atoms with van der Waals surface area (Å²) in [6, 6.07) is 5.61. The van der Waals surface area contributed by atoms with Crippen LogP contribution in [0.3, 0.4) is 0 Å². The van der Waals surface area contributed by atoms with E-state index >= 15 is 0 Å². The third-order valence-electron chi connectivity index (χ3n) is 9.41. The van der Waals surface area contributed by atoms with Gasteiger partial charge in [0.1, 0.15) is 11.4 Å². The van der Waals surface area contributed by atoms with E-state index in [1.54, 1.807) is 0 Å². The lowest BCUT2D eigenvalue weighted by atomic mass is 9.63. The number of carboxylic acids is 1. The maximum absolute atomic E-state index is 13.4. The molecule has 1 saturated carbocycles. The number of likely N-dealkylation sites (tertiary alicyclic amines) is 1. The van der Waals surface area contributed by atoms with Gasteiger partial charge in [0.05, 0.1) is 12.7 Å². The van der Waals surface area contributed by atoms with E-state index in [0.29, 0.717) is 24.0 Å². The van der Waals surface area contributed by atoms with Crippen molar-refractivity contribution < 1.29 is 24.2 Å². The molecule has 1 N–H and O–H groups in total. The van der Waals surface area contributed by atoms with Crippen molar-refractivity contribution in [1.29, 1.82) is 0 Å². The fraction of sp³-hybridized carbons (Fsp3) is 0.714. The minimum atomic E-state index is -0.817. The summed E-state index contributed by atoms with van der Waals surface area (Å²) in [5, 5.41) is 10.0. The van der Waals surface area contributed by atoms with Gasteiger partial charge in [0.2, 0.25) is 5.91 Å². The van der Waals surface area contributed by atoms with Crippen molar-refractivity contribution in [3.63, 3.8) is 0 Å². The zero-order valence-electron chi connectivity index (χ0n) is 21.0. The van der Waals surface area contributed by atoms with Gasteiger partial charge in [0, 0.05) is 41.4 Å². The first-order valence-corrected chi connectivity index (χ1v) is 13.6. The Labute approximate surface area is 213 Å². The van der Waals surface area contributed by atoms with Crippen molar-refractivity contribution in [2.75, 3.05) is 19.7 Å². The highest BCUT2D eigenvalue weighted by molar-refractivity contribution is 6.30. The van der Waals surface area contributed by atoms with E-state index in [1.807, 2.05) is 25.1 Å². The van der Waals surface area contributed by atoms with Gasteiger partial charge in [-0.2, -0.15) is 0 Å². The van der Waals surface area contributed by atoms with Gasteiger partial charge < -0.3 is 19.5 Å². The van der Waals surface area contributed by atoms with Crippen molar-refractivity contribution in [3.05, 3.63) is 28.8 Å². The molecule has 1 aromatic carbocycles. The molecule has 0 unspecified atom stereocenters. The van der Waals surface area contributed by atoms with Crippen LogP contribution in [0.4, 0.5) is 0 Å². The van der Waals surface area contributed by atoms with E-state index in [1.165, 1.54) is 6.42 Å². The average Bonchev–Trinajstić information content (AvgIpc) is 2.84. The van der Waals surface area contributed by atoms with Crippen LogP contribution in [0.5, 0.6) is 5.75 Å². The quantitative estimate of drug-likeness (QED) is 0.544. The molecule has 3 atom stereocenters. The highest BCUT2D eigenvalue weighted by atomic mass is 35.5. The van der Waals surface area contributed by atoms with Gasteiger partial charge in [-0.3, -0.25) is 9.59 Å². The third-order valence-corrected chi connectivity index (χ3v) is 9.65. The summed E-state index contributed by atoms with van der Waals surface area (Å²) >= 11 is 6.32. The van der Waals surface area contributed by atoms with E-state index in [2.05, 4.69) is 11.8 Å². The van der Waals surface area contributed by atoms with Crippen LogP contribution in [0.25, 0.3) is 0 Å². The molecule has 5 rings (SSSR count). The summed E-state index contributed by atoms with van der Waals surface area (Å²) in [6.07, 6.45) is 8.58. The van der Waals surface area contributed by atoms with E-state index in [0.717, 1.165) is 69.3 Å². The van der Waals surface area contributed by atoms with Crippen LogP contribution in [0, 0.1) is 16.7 Å². The van der Waals surface area contributed by atoms with Gasteiger partial charge in [0.15, 0.2) is 0 Å². The molecule has 0 aromatic heterocycles. The van der Waals surface area contributed by atoms with Gasteiger partial charge in [0.25, 0.3) is 0 Å². The fourth-order valence-electron chi connectivity index (χ4n) is 7.07. The molecule has 192 valence electrons. The maximum atomic E-state index is 13.4. The smallest absolute Gasteiger partial charge is 0.303 e. The molecule has 3 fully saturated rings. The molecule has 1 spiro atoms. The Balaban J connectivity index is 1.34. The first-order valence-electron chi connectivity index (χ1n) is 13.2. The molecular formula is C28H38ClNO5. The van der Waals surface area contributed by atoms with Crippen molar-refractivity contribution in [2.24, 2.45) is 16.7 Å². The highest BCUT2D eigenvalue weighted by Crippen LogP contribution is 2.57. The number of carbonyl (C=O) groups excluding carboxylic acids is 1. The van der Waals surface area contributed by atoms with Crippen LogP contribution >= 0.6 is 11.6 Å². The molecule has 0 radical (unpaired) electrons. The van der Waals surface area contributed by atoms with Gasteiger partial charge in [-0.15, -0.1) is 0 Å². The van der Waals surface area contributed by atoms with Crippen molar-refractivity contribution in [1.82, 2.24) is 4.90 Å². The Morgan fingerprint density at radius 2 is 1.83 bits per heavy atom. The topological polar surface area (TPSA) is 76.1 Å². The zero-order chi connectivity index (χ0) is 24.8. The Kier molecular flexibility index (Phi) is 6.58. The van der Waals surface area contributed by atoms with Gasteiger partial charge >= 0.3 is 5.97 Å². The lowest BCUT2D eigenvalue weighted by Gasteiger charge is -2.55. The summed E-state index contributed by atoms with van der Waals surface area (Å²) in [5.41, 5.74) is 0.102. The lowest BCUT2D eigenvalue weighted by molar-refractivity contribution is -0.184. The van der Waals surface area contributed by atoms with Crippen LogP contribution in [-0.2, 0) is 14.3 Å².